The number of primary amides is 1. The Balaban J connectivity index is 0.000000669. The van der Waals surface area contributed by atoms with Gasteiger partial charge in [0.25, 0.3) is 0 Å². The van der Waals surface area contributed by atoms with Gasteiger partial charge in [-0.15, -0.1) is 0 Å². The van der Waals surface area contributed by atoms with E-state index in [9.17, 15) is 29.1 Å². The lowest BCUT2D eigenvalue weighted by atomic mass is 9.92. The van der Waals surface area contributed by atoms with Crippen molar-refractivity contribution in [2.45, 2.75) is 63.8 Å². The van der Waals surface area contributed by atoms with Crippen molar-refractivity contribution in [3.05, 3.63) is 35.9 Å². The number of carbonyl (C=O) groups is 5. The molecule has 1 aromatic carbocycles. The maximum atomic E-state index is 12.9. The lowest BCUT2D eigenvalue weighted by molar-refractivity contribution is -0.136. The topological polar surface area (TPSA) is 253 Å². The Morgan fingerprint density at radius 2 is 1.70 bits per heavy atom. The molecule has 0 aromatic heterocycles. The van der Waals surface area contributed by atoms with Crippen LogP contribution < -0.4 is 38.0 Å². The Labute approximate surface area is 256 Å². The van der Waals surface area contributed by atoms with Crippen molar-refractivity contribution in [3.63, 3.8) is 0 Å². The summed E-state index contributed by atoms with van der Waals surface area (Å²) in [6, 6.07) is 8.07. The normalized spacial score (nSPS) is 19.0. The fourth-order valence-corrected chi connectivity index (χ4v) is 4.35. The maximum absolute atomic E-state index is 12.9. The lowest BCUT2D eigenvalue weighted by Crippen LogP contribution is -2.52. The number of amides is 5. The molecule has 16 nitrogen and oxygen atoms in total. The second kappa shape index (κ2) is 21.1. The molecular formula is C28H47N7O9. The monoisotopic (exact) mass is 625 g/mol. The molecule has 1 aliphatic rings. The van der Waals surface area contributed by atoms with Gasteiger partial charge in [0.05, 0.1) is 32.4 Å². The Morgan fingerprint density at radius 1 is 1.02 bits per heavy atom. The fraction of sp³-hybridized carbons (Fsp3) is 0.607. The summed E-state index contributed by atoms with van der Waals surface area (Å²) < 4.78 is 5.20. The first kappa shape index (κ1) is 38.4. The number of ether oxygens (including phenoxy) is 1. The zero-order chi connectivity index (χ0) is 33.1. The van der Waals surface area contributed by atoms with E-state index in [0.29, 0.717) is 19.4 Å². The Bertz CT molecular complexity index is 1050. The van der Waals surface area contributed by atoms with Gasteiger partial charge < -0.3 is 36.6 Å². The molecule has 0 spiro atoms. The van der Waals surface area contributed by atoms with Gasteiger partial charge in [0.1, 0.15) is 12.1 Å². The third-order valence-corrected chi connectivity index (χ3v) is 6.48. The highest BCUT2D eigenvalue weighted by Crippen LogP contribution is 2.17. The highest BCUT2D eigenvalue weighted by molar-refractivity contribution is 5.93. The van der Waals surface area contributed by atoms with E-state index in [2.05, 4.69) is 26.8 Å². The van der Waals surface area contributed by atoms with Crippen molar-refractivity contribution < 1.29 is 44.1 Å². The molecule has 248 valence electrons. The third-order valence-electron chi connectivity index (χ3n) is 6.48. The van der Waals surface area contributed by atoms with Crippen LogP contribution in [0.2, 0.25) is 0 Å². The highest BCUT2D eigenvalue weighted by Gasteiger charge is 2.29. The van der Waals surface area contributed by atoms with Gasteiger partial charge in [-0.3, -0.25) is 40.0 Å². The molecule has 0 aliphatic carbocycles. The van der Waals surface area contributed by atoms with Crippen molar-refractivity contribution in [1.29, 1.82) is 0 Å². The number of hydrazine groups is 1. The molecule has 11 N–H and O–H groups in total. The van der Waals surface area contributed by atoms with Crippen molar-refractivity contribution in [2.24, 2.45) is 17.6 Å². The van der Waals surface area contributed by atoms with Crippen LogP contribution >= 0.6 is 0 Å². The average Bonchev–Trinajstić information content (AvgIpc) is 2.98. The van der Waals surface area contributed by atoms with Crippen LogP contribution in [0, 0.1) is 11.8 Å². The number of benzene rings is 1. The van der Waals surface area contributed by atoms with E-state index in [1.165, 1.54) is 5.48 Å². The zero-order valence-electron chi connectivity index (χ0n) is 25.4. The van der Waals surface area contributed by atoms with Crippen molar-refractivity contribution >= 4 is 29.5 Å². The molecule has 1 fully saturated rings. The first-order valence-corrected chi connectivity index (χ1v) is 14.3. The van der Waals surface area contributed by atoms with E-state index in [4.69, 9.17) is 20.8 Å². The summed E-state index contributed by atoms with van der Waals surface area (Å²) in [5.41, 5.74) is 13.0. The van der Waals surface area contributed by atoms with Crippen molar-refractivity contribution in [2.75, 3.05) is 33.4 Å². The first-order valence-electron chi connectivity index (χ1n) is 14.3. The molecular weight excluding hydrogens is 578 g/mol. The van der Waals surface area contributed by atoms with Crippen LogP contribution in [-0.4, -0.2) is 103 Å². The SMILES string of the molecule is CC(C)CC(CC(=O)NO)C(=O)NC(Cc1ccccc1)C(=O)NCC(=O)NCC(N)=O.CNN[C@H]1CO[C@H](CO)[C@@H](O)C1. The van der Waals surface area contributed by atoms with Crippen LogP contribution in [0.3, 0.4) is 0 Å². The van der Waals surface area contributed by atoms with Gasteiger partial charge in [-0.25, -0.2) is 5.48 Å². The smallest absolute Gasteiger partial charge is 0.244 e. The predicted molar refractivity (Wildman–Crippen MR) is 158 cm³/mol. The minimum atomic E-state index is -1.01. The number of rotatable bonds is 16. The van der Waals surface area contributed by atoms with E-state index in [1.54, 1.807) is 31.3 Å². The van der Waals surface area contributed by atoms with Gasteiger partial charge in [0, 0.05) is 24.8 Å². The van der Waals surface area contributed by atoms with Crippen LogP contribution in [0.15, 0.2) is 30.3 Å². The van der Waals surface area contributed by atoms with Gasteiger partial charge >= 0.3 is 0 Å². The molecule has 1 aromatic rings. The lowest BCUT2D eigenvalue weighted by Gasteiger charge is -2.32. The molecule has 2 rings (SSSR count). The second-order valence-electron chi connectivity index (χ2n) is 10.7. The molecule has 1 heterocycles. The van der Waals surface area contributed by atoms with Gasteiger partial charge in [-0.2, -0.15) is 0 Å². The number of hydrogen-bond donors (Lipinski definition) is 10. The van der Waals surface area contributed by atoms with E-state index in [0.717, 1.165) is 5.56 Å². The molecule has 16 heteroatoms. The molecule has 1 aliphatic heterocycles. The molecule has 0 saturated carbocycles. The second-order valence-corrected chi connectivity index (χ2v) is 10.7. The fourth-order valence-electron chi connectivity index (χ4n) is 4.35. The highest BCUT2D eigenvalue weighted by atomic mass is 16.5. The van der Waals surface area contributed by atoms with E-state index >= 15 is 0 Å². The Hall–Kier alpha value is -3.67. The summed E-state index contributed by atoms with van der Waals surface area (Å²) in [4.78, 5) is 59.7. The number of nitrogens with two attached hydrogens (primary N) is 1. The molecule has 0 radical (unpaired) electrons. The van der Waals surface area contributed by atoms with E-state index in [-0.39, 0.29) is 38.0 Å². The van der Waals surface area contributed by atoms with Crippen LogP contribution in [0.5, 0.6) is 0 Å². The van der Waals surface area contributed by atoms with Crippen LogP contribution in [-0.2, 0) is 35.1 Å². The number of hydroxylamine groups is 1. The predicted octanol–water partition coefficient (Wildman–Crippen LogP) is -2.79. The minimum Gasteiger partial charge on any atom is -0.394 e. The first-order chi connectivity index (χ1) is 20.9. The molecule has 0 bridgehead atoms. The zero-order valence-corrected chi connectivity index (χ0v) is 25.4. The maximum Gasteiger partial charge on any atom is 0.244 e. The average molecular weight is 626 g/mol. The van der Waals surface area contributed by atoms with Gasteiger partial charge in [0.15, 0.2) is 0 Å². The van der Waals surface area contributed by atoms with Crippen LogP contribution in [0.4, 0.5) is 0 Å². The van der Waals surface area contributed by atoms with Crippen LogP contribution in [0.1, 0.15) is 38.7 Å². The van der Waals surface area contributed by atoms with Crippen molar-refractivity contribution in [3.8, 4) is 0 Å². The summed E-state index contributed by atoms with van der Waals surface area (Å²) >= 11 is 0. The molecule has 2 unspecified atom stereocenters. The molecule has 44 heavy (non-hydrogen) atoms. The van der Waals surface area contributed by atoms with Gasteiger partial charge in [0.2, 0.25) is 29.5 Å². The minimum absolute atomic E-state index is 0.0904. The molecule has 1 saturated heterocycles. The Kier molecular flexibility index (Phi) is 18.4. The molecule has 5 amide bonds. The number of aliphatic hydroxyl groups is 2. The van der Waals surface area contributed by atoms with Gasteiger partial charge in [-0.05, 0) is 31.4 Å². The number of carbonyl (C=O) groups excluding carboxylic acids is 5. The largest absolute Gasteiger partial charge is 0.394 e. The number of nitrogens with one attached hydrogen (secondary N) is 6. The van der Waals surface area contributed by atoms with Crippen molar-refractivity contribution in [1.82, 2.24) is 32.3 Å². The summed E-state index contributed by atoms with van der Waals surface area (Å²) in [6.07, 6.45) is -0.104. The summed E-state index contributed by atoms with van der Waals surface area (Å²) in [6.45, 7) is 3.40. The van der Waals surface area contributed by atoms with E-state index in [1.807, 2.05) is 19.9 Å². The number of aliphatic hydroxyl groups excluding tert-OH is 2. The summed E-state index contributed by atoms with van der Waals surface area (Å²) in [5, 5.41) is 34.3. The third kappa shape index (κ3) is 15.7. The Morgan fingerprint density at radius 3 is 2.25 bits per heavy atom. The van der Waals surface area contributed by atoms with Crippen LogP contribution in [0.25, 0.3) is 0 Å². The van der Waals surface area contributed by atoms with E-state index < -0.39 is 60.2 Å². The number of hydrogen-bond acceptors (Lipinski definition) is 11. The summed E-state index contributed by atoms with van der Waals surface area (Å²) in [5.74, 6) is -3.83. The summed E-state index contributed by atoms with van der Waals surface area (Å²) in [7, 11) is 1.77. The standard InChI is InChI=1S/C21H31N5O6.C7H16N2O3/c1-13(2)8-15(10-18(28)26-32)20(30)25-16(9-14-6-4-3-5-7-14)21(31)24-12-19(29)23-11-17(22)27;1-8-9-5-2-6(11)7(3-10)12-4-5/h3-7,13,15-16,32H,8-12H2,1-2H3,(H2,22,27)(H,23,29)(H,24,31)(H,25,30)(H,26,28);5-11H,2-4H2,1H3/t;5-,6+,7-/m.1/s1. The molecule has 5 atom stereocenters. The quantitative estimate of drug-likeness (QED) is 0.0664. The van der Waals surface area contributed by atoms with Gasteiger partial charge in [-0.1, -0.05) is 44.2 Å².